The van der Waals surface area contributed by atoms with E-state index in [1.807, 2.05) is 41.3 Å². The second-order valence-electron chi connectivity index (χ2n) is 6.70. The van der Waals surface area contributed by atoms with Crippen LogP contribution >= 0.6 is 11.8 Å². The molecule has 2 aromatic rings. The molecule has 0 spiro atoms. The van der Waals surface area contributed by atoms with Crippen LogP contribution in [0.15, 0.2) is 63.9 Å². The van der Waals surface area contributed by atoms with Gasteiger partial charge in [-0.3, -0.25) is 4.79 Å². The van der Waals surface area contributed by atoms with Gasteiger partial charge in [-0.05, 0) is 30.5 Å². The van der Waals surface area contributed by atoms with Crippen LogP contribution in [0.4, 0.5) is 5.69 Å². The highest BCUT2D eigenvalue weighted by molar-refractivity contribution is 8.15. The van der Waals surface area contributed by atoms with Gasteiger partial charge in [-0.15, -0.1) is 4.40 Å². The third-order valence-corrected chi connectivity index (χ3v) is 6.92. The molecule has 1 aliphatic rings. The van der Waals surface area contributed by atoms with Crippen LogP contribution in [0.3, 0.4) is 0 Å². The predicted molar refractivity (Wildman–Crippen MR) is 119 cm³/mol. The number of fused-ring (bicyclic) bond motifs is 1. The average Bonchev–Trinajstić information content (AvgIpc) is 2.72. The predicted octanol–water partition coefficient (Wildman–Crippen LogP) is 3.44. The fourth-order valence-corrected chi connectivity index (χ4v) is 5.32. The van der Waals surface area contributed by atoms with Gasteiger partial charge in [-0.25, -0.2) is 0 Å². The first-order valence-corrected chi connectivity index (χ1v) is 12.1. The lowest BCUT2D eigenvalue weighted by atomic mass is 10.1. The van der Waals surface area contributed by atoms with Crippen molar-refractivity contribution in [2.24, 2.45) is 4.40 Å². The first-order valence-electron chi connectivity index (χ1n) is 9.66. The second kappa shape index (κ2) is 9.93. The Morgan fingerprint density at radius 3 is 2.59 bits per heavy atom. The summed E-state index contributed by atoms with van der Waals surface area (Å²) in [5, 5.41) is 3.24. The van der Waals surface area contributed by atoms with E-state index in [1.165, 1.54) is 0 Å². The molecule has 29 heavy (non-hydrogen) atoms. The Balaban J connectivity index is 1.63. The van der Waals surface area contributed by atoms with Crippen LogP contribution in [-0.2, 0) is 21.2 Å². The number of para-hydroxylation sites is 1. The maximum atomic E-state index is 12.5. The normalized spacial score (nSPS) is 14.8. The number of carbonyl (C=O) groups excluding carboxylic acids is 1. The van der Waals surface area contributed by atoms with E-state index in [-0.39, 0.29) is 16.6 Å². The Kier molecular flexibility index (Phi) is 7.33. The monoisotopic (exact) mass is 431 g/mol. The van der Waals surface area contributed by atoms with Crippen molar-refractivity contribution in [3.05, 3.63) is 60.2 Å². The van der Waals surface area contributed by atoms with Gasteiger partial charge in [0.2, 0.25) is 5.91 Å². The molecule has 3 rings (SSSR count). The van der Waals surface area contributed by atoms with Gasteiger partial charge in [0.15, 0.2) is 5.17 Å². The summed E-state index contributed by atoms with van der Waals surface area (Å²) in [4.78, 5) is 14.4. The molecule has 0 aromatic heterocycles. The van der Waals surface area contributed by atoms with Gasteiger partial charge in [0.05, 0.1) is 11.4 Å². The van der Waals surface area contributed by atoms with Gasteiger partial charge in [0, 0.05) is 13.1 Å². The van der Waals surface area contributed by atoms with E-state index >= 15 is 0 Å². The second-order valence-corrected chi connectivity index (χ2v) is 9.21. The number of thioether (sulfide) groups is 1. The SMILES string of the molecule is CCCCN1C(SCC(=O)NCCc2ccccc2)=NS(=O)(=O)c2ccccc21. The molecule has 1 N–H and O–H groups in total. The summed E-state index contributed by atoms with van der Waals surface area (Å²) in [6.07, 6.45) is 2.63. The quantitative estimate of drug-likeness (QED) is 0.693. The van der Waals surface area contributed by atoms with Crippen LogP contribution in [0.25, 0.3) is 0 Å². The van der Waals surface area contributed by atoms with Crippen LogP contribution in [0.5, 0.6) is 0 Å². The molecule has 8 heteroatoms. The lowest BCUT2D eigenvalue weighted by Gasteiger charge is -2.30. The fourth-order valence-electron chi connectivity index (χ4n) is 3.01. The van der Waals surface area contributed by atoms with Crippen molar-refractivity contribution in [2.75, 3.05) is 23.7 Å². The van der Waals surface area contributed by atoms with E-state index in [0.717, 1.165) is 36.6 Å². The maximum Gasteiger partial charge on any atom is 0.286 e. The van der Waals surface area contributed by atoms with Crippen molar-refractivity contribution in [3.63, 3.8) is 0 Å². The zero-order chi connectivity index (χ0) is 20.7. The minimum atomic E-state index is -3.76. The summed E-state index contributed by atoms with van der Waals surface area (Å²) in [6.45, 7) is 3.28. The summed E-state index contributed by atoms with van der Waals surface area (Å²) in [7, 11) is -3.76. The van der Waals surface area contributed by atoms with Crippen molar-refractivity contribution in [3.8, 4) is 0 Å². The summed E-state index contributed by atoms with van der Waals surface area (Å²) in [5.41, 5.74) is 1.79. The van der Waals surface area contributed by atoms with Crippen LogP contribution in [0.1, 0.15) is 25.3 Å². The molecular weight excluding hydrogens is 406 g/mol. The van der Waals surface area contributed by atoms with E-state index in [2.05, 4.69) is 16.6 Å². The minimum Gasteiger partial charge on any atom is -0.355 e. The zero-order valence-electron chi connectivity index (χ0n) is 16.4. The van der Waals surface area contributed by atoms with Crippen molar-refractivity contribution in [1.29, 1.82) is 0 Å². The molecule has 0 unspecified atom stereocenters. The topological polar surface area (TPSA) is 78.8 Å². The number of nitrogens with one attached hydrogen (secondary N) is 1. The number of amides is 1. The molecule has 6 nitrogen and oxygen atoms in total. The van der Waals surface area contributed by atoms with E-state index in [9.17, 15) is 13.2 Å². The summed E-state index contributed by atoms with van der Waals surface area (Å²) < 4.78 is 29.1. The molecule has 0 radical (unpaired) electrons. The Labute approximate surface area is 176 Å². The molecule has 0 saturated heterocycles. The van der Waals surface area contributed by atoms with Crippen molar-refractivity contribution in [2.45, 2.75) is 31.1 Å². The van der Waals surface area contributed by atoms with Crippen LogP contribution in [0, 0.1) is 0 Å². The first-order chi connectivity index (χ1) is 14.0. The van der Waals surface area contributed by atoms with E-state index in [0.29, 0.717) is 23.9 Å². The molecule has 1 aliphatic heterocycles. The molecule has 2 aromatic carbocycles. The maximum absolute atomic E-state index is 12.5. The molecule has 1 amide bonds. The Hall–Kier alpha value is -2.32. The fraction of sp³-hybridized carbons (Fsp3) is 0.333. The number of amidine groups is 1. The standard InChI is InChI=1S/C21H25N3O3S2/c1-2-3-15-24-18-11-7-8-12-19(18)29(26,27)23-21(24)28-16-20(25)22-14-13-17-9-5-4-6-10-17/h4-12H,2-3,13-16H2,1H3,(H,22,25). The van der Waals surface area contributed by atoms with Crippen LogP contribution < -0.4 is 10.2 Å². The molecular formula is C21H25N3O3S2. The third kappa shape index (κ3) is 5.61. The Bertz CT molecular complexity index is 976. The number of unbranched alkanes of at least 4 members (excludes halogenated alkanes) is 1. The van der Waals surface area contributed by atoms with E-state index in [4.69, 9.17) is 0 Å². The van der Waals surface area contributed by atoms with Gasteiger partial charge in [-0.1, -0.05) is 67.6 Å². The van der Waals surface area contributed by atoms with E-state index in [1.54, 1.807) is 18.2 Å². The van der Waals surface area contributed by atoms with Gasteiger partial charge >= 0.3 is 0 Å². The summed E-state index contributed by atoms with van der Waals surface area (Å²) in [5.74, 6) is -0.0196. The van der Waals surface area contributed by atoms with Gasteiger partial charge < -0.3 is 10.2 Å². The highest BCUT2D eigenvalue weighted by Crippen LogP contribution is 2.34. The lowest BCUT2D eigenvalue weighted by Crippen LogP contribution is -2.36. The van der Waals surface area contributed by atoms with Crippen molar-refractivity contribution < 1.29 is 13.2 Å². The number of hydrogen-bond donors (Lipinski definition) is 1. The van der Waals surface area contributed by atoms with E-state index < -0.39 is 10.0 Å². The van der Waals surface area contributed by atoms with Gasteiger partial charge in [-0.2, -0.15) is 8.42 Å². The van der Waals surface area contributed by atoms with Gasteiger partial charge in [0.25, 0.3) is 10.0 Å². The Morgan fingerprint density at radius 1 is 1.10 bits per heavy atom. The summed E-state index contributed by atoms with van der Waals surface area (Å²) in [6, 6.07) is 16.8. The smallest absolute Gasteiger partial charge is 0.286 e. The highest BCUT2D eigenvalue weighted by Gasteiger charge is 2.30. The third-order valence-electron chi connectivity index (χ3n) is 4.51. The molecule has 0 aliphatic carbocycles. The molecule has 154 valence electrons. The van der Waals surface area contributed by atoms with Crippen molar-refractivity contribution in [1.82, 2.24) is 5.32 Å². The lowest BCUT2D eigenvalue weighted by molar-refractivity contribution is -0.118. The average molecular weight is 432 g/mol. The minimum absolute atomic E-state index is 0.119. The number of rotatable bonds is 8. The highest BCUT2D eigenvalue weighted by atomic mass is 32.2. The number of hydrogen-bond acceptors (Lipinski definition) is 5. The largest absolute Gasteiger partial charge is 0.355 e. The molecule has 0 atom stereocenters. The summed E-state index contributed by atoms with van der Waals surface area (Å²) >= 11 is 1.16. The molecule has 0 saturated carbocycles. The van der Waals surface area contributed by atoms with Crippen molar-refractivity contribution >= 4 is 38.5 Å². The van der Waals surface area contributed by atoms with Gasteiger partial charge in [0.1, 0.15) is 4.90 Å². The number of benzene rings is 2. The van der Waals surface area contributed by atoms with Crippen LogP contribution in [-0.4, -0.2) is 38.3 Å². The molecule has 0 fully saturated rings. The first kappa shape index (κ1) is 21.4. The number of carbonyl (C=O) groups is 1. The van der Waals surface area contributed by atoms with Crippen LogP contribution in [0.2, 0.25) is 0 Å². The number of anilines is 1. The molecule has 0 bridgehead atoms. The number of sulfonamides is 1. The zero-order valence-corrected chi connectivity index (χ0v) is 18.0. The Morgan fingerprint density at radius 2 is 1.83 bits per heavy atom. The number of nitrogens with zero attached hydrogens (tertiary/aromatic N) is 2. The molecule has 1 heterocycles.